The van der Waals surface area contributed by atoms with Gasteiger partial charge in [0.2, 0.25) is 5.95 Å². The number of ether oxygens (including phenoxy) is 1. The summed E-state index contributed by atoms with van der Waals surface area (Å²) < 4.78 is 19.0. The number of anilines is 2. The number of halogens is 1. The molecule has 1 atom stereocenters. The molecule has 2 rings (SSSR count). The Morgan fingerprint density at radius 1 is 1.50 bits per heavy atom. The van der Waals surface area contributed by atoms with Crippen LogP contribution in [0.15, 0.2) is 6.20 Å². The van der Waals surface area contributed by atoms with Crippen LogP contribution in [0.2, 0.25) is 0 Å². The van der Waals surface area contributed by atoms with Crippen LogP contribution in [0.3, 0.4) is 0 Å². The zero-order chi connectivity index (χ0) is 12.8. The minimum atomic E-state index is -0.435. The van der Waals surface area contributed by atoms with Gasteiger partial charge >= 0.3 is 0 Å². The van der Waals surface area contributed by atoms with E-state index in [0.29, 0.717) is 12.5 Å². The maximum absolute atomic E-state index is 13.5. The highest BCUT2D eigenvalue weighted by molar-refractivity contribution is 5.41. The van der Waals surface area contributed by atoms with E-state index >= 15 is 0 Å². The molecule has 18 heavy (non-hydrogen) atoms. The quantitative estimate of drug-likeness (QED) is 0.813. The van der Waals surface area contributed by atoms with Gasteiger partial charge in [-0.2, -0.15) is 4.98 Å². The van der Waals surface area contributed by atoms with Gasteiger partial charge in [-0.1, -0.05) is 6.92 Å². The molecule has 0 aliphatic carbocycles. The zero-order valence-corrected chi connectivity index (χ0v) is 10.6. The first kappa shape index (κ1) is 13.0. The van der Waals surface area contributed by atoms with Gasteiger partial charge in [-0.25, -0.2) is 9.37 Å². The maximum atomic E-state index is 13.5. The summed E-state index contributed by atoms with van der Waals surface area (Å²) in [4.78, 5) is 7.99. The number of hydrogen-bond acceptors (Lipinski definition) is 5. The third kappa shape index (κ3) is 3.53. The lowest BCUT2D eigenvalue weighted by Gasteiger charge is -2.12. The fourth-order valence-electron chi connectivity index (χ4n) is 1.83. The molecule has 5 nitrogen and oxygen atoms in total. The lowest BCUT2D eigenvalue weighted by molar-refractivity contribution is 0.120. The van der Waals surface area contributed by atoms with Crippen molar-refractivity contribution in [2.24, 2.45) is 0 Å². The van der Waals surface area contributed by atoms with Crippen molar-refractivity contribution in [2.75, 3.05) is 30.3 Å². The first-order chi connectivity index (χ1) is 8.79. The standard InChI is InChI=1S/C12H19FN4O/c1-2-5-14-12-16-8-10(13)11(17-12)15-7-9-4-3-6-18-9/h8-9H,2-7H2,1H3,(H2,14,15,16,17). The summed E-state index contributed by atoms with van der Waals surface area (Å²) in [6, 6.07) is 0. The van der Waals surface area contributed by atoms with Gasteiger partial charge in [0.15, 0.2) is 11.6 Å². The van der Waals surface area contributed by atoms with Gasteiger partial charge in [0.05, 0.1) is 12.3 Å². The molecule has 2 N–H and O–H groups in total. The maximum Gasteiger partial charge on any atom is 0.224 e. The van der Waals surface area contributed by atoms with Crippen LogP contribution < -0.4 is 10.6 Å². The normalized spacial score (nSPS) is 18.9. The molecule has 0 amide bonds. The molecule has 1 saturated heterocycles. The van der Waals surface area contributed by atoms with Gasteiger partial charge < -0.3 is 15.4 Å². The zero-order valence-electron chi connectivity index (χ0n) is 10.6. The molecule has 1 aromatic rings. The number of nitrogens with zero attached hydrogens (tertiary/aromatic N) is 2. The Hall–Kier alpha value is -1.43. The summed E-state index contributed by atoms with van der Waals surface area (Å²) in [6.45, 7) is 4.20. The molecular weight excluding hydrogens is 235 g/mol. The van der Waals surface area contributed by atoms with Crippen LogP contribution in [0.5, 0.6) is 0 Å². The molecule has 2 heterocycles. The Kier molecular flexibility index (Phi) is 4.69. The first-order valence-electron chi connectivity index (χ1n) is 6.41. The molecule has 0 radical (unpaired) electrons. The predicted octanol–water partition coefficient (Wildman–Crippen LogP) is 2.03. The Balaban J connectivity index is 1.92. The van der Waals surface area contributed by atoms with Crippen molar-refractivity contribution in [3.05, 3.63) is 12.0 Å². The van der Waals surface area contributed by atoms with Gasteiger partial charge in [-0.3, -0.25) is 0 Å². The third-order valence-corrected chi connectivity index (χ3v) is 2.80. The average Bonchev–Trinajstić information content (AvgIpc) is 2.89. The van der Waals surface area contributed by atoms with Crippen LogP contribution in [-0.4, -0.2) is 35.8 Å². The van der Waals surface area contributed by atoms with E-state index in [9.17, 15) is 4.39 Å². The van der Waals surface area contributed by atoms with Crippen molar-refractivity contribution in [2.45, 2.75) is 32.3 Å². The second kappa shape index (κ2) is 6.49. The fraction of sp³-hybridized carbons (Fsp3) is 0.667. The van der Waals surface area contributed by atoms with Crippen molar-refractivity contribution in [1.82, 2.24) is 9.97 Å². The molecule has 0 spiro atoms. The van der Waals surface area contributed by atoms with Crippen LogP contribution in [0.25, 0.3) is 0 Å². The van der Waals surface area contributed by atoms with Crippen LogP contribution in [0, 0.1) is 5.82 Å². The molecule has 1 fully saturated rings. The topological polar surface area (TPSA) is 59.1 Å². The predicted molar refractivity (Wildman–Crippen MR) is 68.2 cm³/mol. The van der Waals surface area contributed by atoms with E-state index in [1.807, 2.05) is 6.92 Å². The summed E-state index contributed by atoms with van der Waals surface area (Å²) >= 11 is 0. The number of nitrogens with one attached hydrogen (secondary N) is 2. The van der Waals surface area contributed by atoms with E-state index in [1.165, 1.54) is 6.20 Å². The largest absolute Gasteiger partial charge is 0.376 e. The van der Waals surface area contributed by atoms with Crippen molar-refractivity contribution >= 4 is 11.8 Å². The van der Waals surface area contributed by atoms with E-state index in [-0.39, 0.29) is 11.9 Å². The summed E-state index contributed by atoms with van der Waals surface area (Å²) in [7, 11) is 0. The molecule has 0 saturated carbocycles. The third-order valence-electron chi connectivity index (χ3n) is 2.80. The minimum absolute atomic E-state index is 0.159. The van der Waals surface area contributed by atoms with Crippen molar-refractivity contribution in [3.8, 4) is 0 Å². The molecule has 1 aromatic heterocycles. The number of hydrogen-bond donors (Lipinski definition) is 2. The van der Waals surface area contributed by atoms with Crippen molar-refractivity contribution in [1.29, 1.82) is 0 Å². The molecule has 0 bridgehead atoms. The number of rotatable bonds is 6. The molecule has 100 valence electrons. The van der Waals surface area contributed by atoms with Crippen molar-refractivity contribution in [3.63, 3.8) is 0 Å². The van der Waals surface area contributed by atoms with Crippen LogP contribution in [0.1, 0.15) is 26.2 Å². The Bertz CT molecular complexity index is 382. The van der Waals surface area contributed by atoms with Gasteiger partial charge in [0.25, 0.3) is 0 Å². The Morgan fingerprint density at radius 2 is 2.39 bits per heavy atom. The summed E-state index contributed by atoms with van der Waals surface area (Å²) in [6.07, 6.45) is 4.40. The lowest BCUT2D eigenvalue weighted by atomic mass is 10.2. The number of aromatic nitrogens is 2. The molecule has 1 aliphatic rings. The van der Waals surface area contributed by atoms with Gasteiger partial charge in [0, 0.05) is 19.7 Å². The van der Waals surface area contributed by atoms with Gasteiger partial charge in [0.1, 0.15) is 0 Å². The van der Waals surface area contributed by atoms with E-state index < -0.39 is 5.82 Å². The van der Waals surface area contributed by atoms with E-state index in [0.717, 1.165) is 32.4 Å². The molecule has 0 aromatic carbocycles. The molecule has 6 heteroatoms. The second-order valence-electron chi connectivity index (χ2n) is 4.33. The van der Waals surface area contributed by atoms with E-state index in [1.54, 1.807) is 0 Å². The van der Waals surface area contributed by atoms with Gasteiger partial charge in [-0.05, 0) is 19.3 Å². The van der Waals surface area contributed by atoms with Crippen molar-refractivity contribution < 1.29 is 9.13 Å². The molecular formula is C12H19FN4O. The smallest absolute Gasteiger partial charge is 0.224 e. The summed E-state index contributed by atoms with van der Waals surface area (Å²) in [5.41, 5.74) is 0. The average molecular weight is 254 g/mol. The Morgan fingerprint density at radius 3 is 3.11 bits per heavy atom. The van der Waals surface area contributed by atoms with Gasteiger partial charge in [-0.15, -0.1) is 0 Å². The minimum Gasteiger partial charge on any atom is -0.376 e. The highest BCUT2D eigenvalue weighted by Crippen LogP contribution is 2.15. The second-order valence-corrected chi connectivity index (χ2v) is 4.33. The monoisotopic (exact) mass is 254 g/mol. The van der Waals surface area contributed by atoms with Crippen LogP contribution >= 0.6 is 0 Å². The molecule has 1 aliphatic heterocycles. The highest BCUT2D eigenvalue weighted by Gasteiger charge is 2.16. The lowest BCUT2D eigenvalue weighted by Crippen LogP contribution is -2.20. The Labute approximate surface area is 106 Å². The van der Waals surface area contributed by atoms with Crippen LogP contribution in [-0.2, 0) is 4.74 Å². The highest BCUT2D eigenvalue weighted by atomic mass is 19.1. The first-order valence-corrected chi connectivity index (χ1v) is 6.41. The SMILES string of the molecule is CCCNc1ncc(F)c(NCC2CCCO2)n1. The summed E-state index contributed by atoms with van der Waals surface area (Å²) in [5.74, 6) is 0.252. The summed E-state index contributed by atoms with van der Waals surface area (Å²) in [5, 5.41) is 6.01. The van der Waals surface area contributed by atoms with Crippen LogP contribution in [0.4, 0.5) is 16.2 Å². The molecule has 1 unspecified atom stereocenters. The fourth-order valence-corrected chi connectivity index (χ4v) is 1.83. The van der Waals surface area contributed by atoms with E-state index in [4.69, 9.17) is 4.74 Å². The van der Waals surface area contributed by atoms with E-state index in [2.05, 4.69) is 20.6 Å².